The minimum absolute atomic E-state index is 0.0856. The number of carbonyl (C=O) groups is 1. The second-order valence-corrected chi connectivity index (χ2v) is 5.52. The standard InChI is InChI=1S/C13H17N3O2S/c1-8(2)18-13(17)9(3)6-14-11-10-4-5-19-12(10)16-7-15-11/h4-5,7-9H,6H2,1-3H3,(H,14,15,16). The van der Waals surface area contributed by atoms with E-state index >= 15 is 0 Å². The molecule has 2 rings (SSSR count). The van der Waals surface area contributed by atoms with Crippen LogP contribution in [0.3, 0.4) is 0 Å². The number of esters is 1. The molecule has 1 atom stereocenters. The van der Waals surface area contributed by atoms with Crippen LogP contribution in [0.1, 0.15) is 20.8 Å². The van der Waals surface area contributed by atoms with Crippen LogP contribution in [0.15, 0.2) is 17.8 Å². The highest BCUT2D eigenvalue weighted by Gasteiger charge is 2.16. The zero-order chi connectivity index (χ0) is 13.8. The summed E-state index contributed by atoms with van der Waals surface area (Å²) in [5.74, 6) is 0.347. The second kappa shape index (κ2) is 5.97. The number of hydrogen-bond acceptors (Lipinski definition) is 6. The van der Waals surface area contributed by atoms with Gasteiger partial charge in [0.05, 0.1) is 17.4 Å². The first-order valence-corrected chi connectivity index (χ1v) is 7.08. The first kappa shape index (κ1) is 13.7. The number of rotatable bonds is 5. The molecule has 0 saturated heterocycles. The van der Waals surface area contributed by atoms with Crippen molar-refractivity contribution >= 4 is 33.3 Å². The van der Waals surface area contributed by atoms with Gasteiger partial charge in [-0.05, 0) is 25.3 Å². The predicted molar refractivity (Wildman–Crippen MR) is 76.3 cm³/mol. The number of carbonyl (C=O) groups excluding carboxylic acids is 1. The molecular weight excluding hydrogens is 262 g/mol. The number of hydrogen-bond donors (Lipinski definition) is 1. The first-order chi connectivity index (χ1) is 9.08. The van der Waals surface area contributed by atoms with Crippen LogP contribution in [-0.4, -0.2) is 28.6 Å². The van der Waals surface area contributed by atoms with Crippen molar-refractivity contribution in [1.29, 1.82) is 0 Å². The Bertz CT molecular complexity index is 568. The molecule has 0 radical (unpaired) electrons. The topological polar surface area (TPSA) is 64.1 Å². The number of thiophene rings is 1. The Kier molecular flexibility index (Phi) is 4.31. The molecule has 0 amide bonds. The summed E-state index contributed by atoms with van der Waals surface area (Å²) < 4.78 is 5.16. The highest BCUT2D eigenvalue weighted by molar-refractivity contribution is 7.16. The smallest absolute Gasteiger partial charge is 0.310 e. The summed E-state index contributed by atoms with van der Waals surface area (Å²) in [6, 6.07) is 1.97. The van der Waals surface area contributed by atoms with E-state index < -0.39 is 0 Å². The van der Waals surface area contributed by atoms with E-state index in [0.29, 0.717) is 6.54 Å². The summed E-state index contributed by atoms with van der Waals surface area (Å²) in [4.78, 5) is 21.0. The van der Waals surface area contributed by atoms with E-state index in [0.717, 1.165) is 16.0 Å². The summed E-state index contributed by atoms with van der Waals surface area (Å²) in [5.41, 5.74) is 0. The summed E-state index contributed by atoms with van der Waals surface area (Å²) >= 11 is 1.57. The van der Waals surface area contributed by atoms with Crippen LogP contribution in [0.2, 0.25) is 0 Å². The minimum atomic E-state index is -0.217. The molecule has 0 aliphatic carbocycles. The lowest BCUT2D eigenvalue weighted by Gasteiger charge is -2.14. The summed E-state index contributed by atoms with van der Waals surface area (Å²) in [6.45, 7) is 6.02. The van der Waals surface area contributed by atoms with Gasteiger partial charge in [-0.25, -0.2) is 9.97 Å². The van der Waals surface area contributed by atoms with Crippen molar-refractivity contribution in [3.8, 4) is 0 Å². The van der Waals surface area contributed by atoms with Crippen molar-refractivity contribution in [1.82, 2.24) is 9.97 Å². The average molecular weight is 279 g/mol. The maximum atomic E-state index is 11.7. The molecule has 6 heteroatoms. The van der Waals surface area contributed by atoms with E-state index in [2.05, 4.69) is 15.3 Å². The molecule has 0 bridgehead atoms. The van der Waals surface area contributed by atoms with Gasteiger partial charge in [-0.2, -0.15) is 0 Å². The average Bonchev–Trinajstić information content (AvgIpc) is 2.83. The third-order valence-corrected chi connectivity index (χ3v) is 3.41. The molecule has 0 aromatic carbocycles. The Labute approximate surface area is 116 Å². The van der Waals surface area contributed by atoms with Crippen LogP contribution in [0.5, 0.6) is 0 Å². The molecule has 2 heterocycles. The van der Waals surface area contributed by atoms with E-state index in [9.17, 15) is 4.79 Å². The highest BCUT2D eigenvalue weighted by Crippen LogP contribution is 2.23. The van der Waals surface area contributed by atoms with Crippen molar-refractivity contribution in [3.63, 3.8) is 0 Å². The Hall–Kier alpha value is -1.69. The minimum Gasteiger partial charge on any atom is -0.463 e. The lowest BCUT2D eigenvalue weighted by molar-refractivity contribution is -0.151. The van der Waals surface area contributed by atoms with E-state index in [1.54, 1.807) is 11.3 Å². The SMILES string of the molecule is CC(C)OC(=O)C(C)CNc1ncnc2sccc12. The number of nitrogens with one attached hydrogen (secondary N) is 1. The Morgan fingerprint density at radius 2 is 2.21 bits per heavy atom. The van der Waals surface area contributed by atoms with E-state index in [1.165, 1.54) is 6.33 Å². The predicted octanol–water partition coefficient (Wildman–Crippen LogP) is 2.69. The number of anilines is 1. The Morgan fingerprint density at radius 1 is 1.42 bits per heavy atom. The van der Waals surface area contributed by atoms with Gasteiger partial charge >= 0.3 is 5.97 Å². The molecule has 19 heavy (non-hydrogen) atoms. The van der Waals surface area contributed by atoms with E-state index in [-0.39, 0.29) is 18.0 Å². The molecule has 0 aliphatic heterocycles. The van der Waals surface area contributed by atoms with Gasteiger partial charge in [-0.15, -0.1) is 11.3 Å². The molecule has 0 aliphatic rings. The lowest BCUT2D eigenvalue weighted by atomic mass is 10.2. The molecule has 102 valence electrons. The summed E-state index contributed by atoms with van der Waals surface area (Å²) in [7, 11) is 0. The van der Waals surface area contributed by atoms with Crippen LogP contribution in [0.25, 0.3) is 10.2 Å². The highest BCUT2D eigenvalue weighted by atomic mass is 32.1. The molecule has 1 unspecified atom stereocenters. The molecule has 0 saturated carbocycles. The Morgan fingerprint density at radius 3 is 2.95 bits per heavy atom. The van der Waals surface area contributed by atoms with Crippen molar-refractivity contribution in [2.75, 3.05) is 11.9 Å². The summed E-state index contributed by atoms with van der Waals surface area (Å²) in [6.07, 6.45) is 1.44. The molecule has 1 N–H and O–H groups in total. The fourth-order valence-corrected chi connectivity index (χ4v) is 2.35. The Balaban J connectivity index is 1.98. The third kappa shape index (κ3) is 3.41. The van der Waals surface area contributed by atoms with Crippen molar-refractivity contribution in [2.24, 2.45) is 5.92 Å². The number of aromatic nitrogens is 2. The van der Waals surface area contributed by atoms with Crippen LogP contribution in [0, 0.1) is 5.92 Å². The van der Waals surface area contributed by atoms with E-state index in [1.807, 2.05) is 32.2 Å². The molecule has 5 nitrogen and oxygen atoms in total. The first-order valence-electron chi connectivity index (χ1n) is 6.20. The van der Waals surface area contributed by atoms with E-state index in [4.69, 9.17) is 4.74 Å². The van der Waals surface area contributed by atoms with Gasteiger partial charge in [-0.3, -0.25) is 4.79 Å². The fourth-order valence-electron chi connectivity index (χ4n) is 1.61. The maximum Gasteiger partial charge on any atom is 0.310 e. The van der Waals surface area contributed by atoms with Gasteiger partial charge in [0.25, 0.3) is 0 Å². The lowest BCUT2D eigenvalue weighted by Crippen LogP contribution is -2.25. The number of nitrogens with zero attached hydrogens (tertiary/aromatic N) is 2. The molecule has 2 aromatic heterocycles. The fraction of sp³-hybridized carbons (Fsp3) is 0.462. The molecule has 0 fully saturated rings. The van der Waals surface area contributed by atoms with Crippen LogP contribution in [0.4, 0.5) is 5.82 Å². The van der Waals surface area contributed by atoms with Crippen LogP contribution >= 0.6 is 11.3 Å². The van der Waals surface area contributed by atoms with Gasteiger partial charge in [0.1, 0.15) is 17.0 Å². The van der Waals surface area contributed by atoms with Crippen molar-refractivity contribution in [3.05, 3.63) is 17.8 Å². The van der Waals surface area contributed by atoms with Crippen molar-refractivity contribution < 1.29 is 9.53 Å². The third-order valence-electron chi connectivity index (χ3n) is 2.59. The second-order valence-electron chi connectivity index (χ2n) is 4.63. The van der Waals surface area contributed by atoms with Gasteiger partial charge in [-0.1, -0.05) is 6.92 Å². The molecule has 2 aromatic rings. The largest absolute Gasteiger partial charge is 0.463 e. The monoisotopic (exact) mass is 279 g/mol. The van der Waals surface area contributed by atoms with Gasteiger partial charge in [0.15, 0.2) is 0 Å². The zero-order valence-electron chi connectivity index (χ0n) is 11.2. The van der Waals surface area contributed by atoms with Crippen LogP contribution in [-0.2, 0) is 9.53 Å². The summed E-state index contributed by atoms with van der Waals surface area (Å²) in [5, 5.41) is 6.14. The van der Waals surface area contributed by atoms with Gasteiger partial charge in [0.2, 0.25) is 0 Å². The van der Waals surface area contributed by atoms with Gasteiger partial charge in [0, 0.05) is 6.54 Å². The number of ether oxygens (including phenoxy) is 1. The quantitative estimate of drug-likeness (QED) is 0.852. The molecule has 0 spiro atoms. The van der Waals surface area contributed by atoms with Crippen molar-refractivity contribution in [2.45, 2.75) is 26.9 Å². The number of fused-ring (bicyclic) bond motifs is 1. The molecular formula is C13H17N3O2S. The normalized spacial score (nSPS) is 12.6. The maximum absolute atomic E-state index is 11.7. The van der Waals surface area contributed by atoms with Crippen LogP contribution < -0.4 is 5.32 Å². The van der Waals surface area contributed by atoms with Gasteiger partial charge < -0.3 is 10.1 Å². The zero-order valence-corrected chi connectivity index (χ0v) is 12.0.